The molecule has 1 aliphatic rings. The number of hydrogen-bond donors (Lipinski definition) is 2. The molecule has 5 heteroatoms. The van der Waals surface area contributed by atoms with Crippen molar-refractivity contribution in [3.05, 3.63) is 0 Å². The van der Waals surface area contributed by atoms with Crippen LogP contribution in [0.5, 0.6) is 0 Å². The van der Waals surface area contributed by atoms with Gasteiger partial charge in [-0.2, -0.15) is 0 Å². The van der Waals surface area contributed by atoms with Gasteiger partial charge in [0.15, 0.2) is 0 Å². The second-order valence-electron chi connectivity index (χ2n) is 5.72. The van der Waals surface area contributed by atoms with Gasteiger partial charge in [-0.3, -0.25) is 4.79 Å². The van der Waals surface area contributed by atoms with Crippen LogP contribution in [0.1, 0.15) is 27.2 Å². The van der Waals surface area contributed by atoms with Crippen molar-refractivity contribution in [3.8, 4) is 0 Å². The highest BCUT2D eigenvalue weighted by Gasteiger charge is 2.44. The Morgan fingerprint density at radius 2 is 2.28 bits per heavy atom. The Kier molecular flexibility index (Phi) is 5.56. The van der Waals surface area contributed by atoms with Gasteiger partial charge in [0, 0.05) is 18.6 Å². The Hall–Kier alpha value is -0.650. The van der Waals surface area contributed by atoms with Gasteiger partial charge in [0.05, 0.1) is 18.6 Å². The summed E-state index contributed by atoms with van der Waals surface area (Å²) < 4.78 is 5.28. The number of carbonyl (C=O) groups is 1. The molecule has 5 nitrogen and oxygen atoms in total. The molecule has 3 N–H and O–H groups in total. The van der Waals surface area contributed by atoms with Crippen molar-refractivity contribution >= 4 is 5.91 Å². The molecule has 0 radical (unpaired) electrons. The fraction of sp³-hybridized carbons (Fsp3) is 0.923. The quantitative estimate of drug-likeness (QED) is 0.667. The Morgan fingerprint density at radius 3 is 2.78 bits per heavy atom. The van der Waals surface area contributed by atoms with Crippen molar-refractivity contribution in [3.63, 3.8) is 0 Å². The first-order chi connectivity index (χ1) is 8.38. The number of nitrogens with one attached hydrogen (secondary N) is 1. The largest absolute Gasteiger partial charge is 0.379 e. The van der Waals surface area contributed by atoms with E-state index < -0.39 is 5.41 Å². The summed E-state index contributed by atoms with van der Waals surface area (Å²) in [5.41, 5.74) is 5.35. The normalized spacial score (nSPS) is 28.1. The maximum Gasteiger partial charge on any atom is 0.229 e. The molecule has 1 aliphatic heterocycles. The topological polar surface area (TPSA) is 67.6 Å². The molecule has 18 heavy (non-hydrogen) atoms. The van der Waals surface area contributed by atoms with E-state index in [4.69, 9.17) is 10.5 Å². The highest BCUT2D eigenvalue weighted by atomic mass is 16.5. The van der Waals surface area contributed by atoms with Gasteiger partial charge in [-0.1, -0.05) is 0 Å². The zero-order valence-corrected chi connectivity index (χ0v) is 12.0. The molecule has 106 valence electrons. The minimum absolute atomic E-state index is 0.0136. The lowest BCUT2D eigenvalue weighted by molar-refractivity contribution is -0.130. The van der Waals surface area contributed by atoms with Crippen LogP contribution >= 0.6 is 0 Å². The number of rotatable bonds is 6. The van der Waals surface area contributed by atoms with E-state index in [0.717, 1.165) is 13.0 Å². The summed E-state index contributed by atoms with van der Waals surface area (Å²) in [6, 6.07) is 0.339. The third-order valence-corrected chi connectivity index (χ3v) is 3.89. The van der Waals surface area contributed by atoms with E-state index in [-0.39, 0.29) is 11.9 Å². The van der Waals surface area contributed by atoms with Crippen molar-refractivity contribution in [1.29, 1.82) is 0 Å². The molecule has 1 rings (SSSR count). The average Bonchev–Trinajstić information content (AvgIpc) is 2.65. The zero-order chi connectivity index (χ0) is 13.8. The van der Waals surface area contributed by atoms with E-state index in [0.29, 0.717) is 25.8 Å². The molecule has 0 bridgehead atoms. The van der Waals surface area contributed by atoms with Crippen molar-refractivity contribution in [2.75, 3.05) is 33.4 Å². The van der Waals surface area contributed by atoms with E-state index >= 15 is 0 Å². The van der Waals surface area contributed by atoms with Gasteiger partial charge < -0.3 is 20.7 Å². The molecule has 0 aromatic heterocycles. The van der Waals surface area contributed by atoms with Gasteiger partial charge in [-0.15, -0.1) is 0 Å². The highest BCUT2D eigenvalue weighted by Crippen LogP contribution is 2.26. The Balaban J connectivity index is 2.25. The summed E-state index contributed by atoms with van der Waals surface area (Å²) in [7, 11) is 2.09. The predicted octanol–water partition coefficient (Wildman–Crippen LogP) is 0.197. The van der Waals surface area contributed by atoms with Crippen LogP contribution in [0.15, 0.2) is 0 Å². The molecule has 2 atom stereocenters. The lowest BCUT2D eigenvalue weighted by Gasteiger charge is -2.26. The van der Waals surface area contributed by atoms with Crippen LogP contribution in [0.4, 0.5) is 0 Å². The predicted molar refractivity (Wildman–Crippen MR) is 72.3 cm³/mol. The van der Waals surface area contributed by atoms with Gasteiger partial charge in [-0.05, 0) is 40.8 Å². The van der Waals surface area contributed by atoms with Crippen LogP contribution in [0.2, 0.25) is 0 Å². The van der Waals surface area contributed by atoms with Crippen LogP contribution in [0.3, 0.4) is 0 Å². The SMILES string of the molecule is CC(C)N(C)CCCNC(=O)C1(C)COCC1N. The fourth-order valence-electron chi connectivity index (χ4n) is 1.91. The molecule has 1 saturated heterocycles. The number of nitrogens with two attached hydrogens (primary N) is 1. The molecule has 0 aromatic rings. The molecule has 1 heterocycles. The van der Waals surface area contributed by atoms with Gasteiger partial charge in [0.2, 0.25) is 5.91 Å². The van der Waals surface area contributed by atoms with Gasteiger partial charge in [0.1, 0.15) is 0 Å². The van der Waals surface area contributed by atoms with Crippen LogP contribution in [0.25, 0.3) is 0 Å². The van der Waals surface area contributed by atoms with Crippen molar-refractivity contribution in [1.82, 2.24) is 10.2 Å². The smallest absolute Gasteiger partial charge is 0.229 e. The maximum atomic E-state index is 12.1. The third kappa shape index (κ3) is 3.67. The molecule has 0 aliphatic carbocycles. The lowest BCUT2D eigenvalue weighted by Crippen LogP contribution is -2.50. The summed E-state index contributed by atoms with van der Waals surface area (Å²) in [4.78, 5) is 14.3. The molecule has 1 fully saturated rings. The molecule has 0 aromatic carbocycles. The summed E-state index contributed by atoms with van der Waals surface area (Å²) in [5.74, 6) is 0.0136. The second-order valence-corrected chi connectivity index (χ2v) is 5.72. The zero-order valence-electron chi connectivity index (χ0n) is 12.0. The maximum absolute atomic E-state index is 12.1. The highest BCUT2D eigenvalue weighted by molar-refractivity contribution is 5.83. The van der Waals surface area contributed by atoms with E-state index in [1.165, 1.54) is 0 Å². The van der Waals surface area contributed by atoms with E-state index in [1.807, 2.05) is 6.92 Å². The minimum atomic E-state index is -0.566. The van der Waals surface area contributed by atoms with Crippen LogP contribution in [0, 0.1) is 5.41 Å². The molecular formula is C13H27N3O2. The molecular weight excluding hydrogens is 230 g/mol. The second kappa shape index (κ2) is 6.50. The van der Waals surface area contributed by atoms with E-state index in [9.17, 15) is 4.79 Å². The van der Waals surface area contributed by atoms with Gasteiger partial charge in [-0.25, -0.2) is 0 Å². The number of hydrogen-bond acceptors (Lipinski definition) is 4. The number of nitrogens with zero attached hydrogens (tertiary/aromatic N) is 1. The first kappa shape index (κ1) is 15.4. The summed E-state index contributed by atoms with van der Waals surface area (Å²) >= 11 is 0. The number of amides is 1. The van der Waals surface area contributed by atoms with Crippen molar-refractivity contribution < 1.29 is 9.53 Å². The van der Waals surface area contributed by atoms with Crippen LogP contribution in [-0.4, -0.2) is 56.2 Å². The number of ether oxygens (including phenoxy) is 1. The van der Waals surface area contributed by atoms with Crippen molar-refractivity contribution in [2.24, 2.45) is 11.1 Å². The Morgan fingerprint density at radius 1 is 1.61 bits per heavy atom. The summed E-state index contributed by atoms with van der Waals surface area (Å²) in [5, 5.41) is 2.96. The molecule has 1 amide bonds. The van der Waals surface area contributed by atoms with E-state index in [2.05, 4.69) is 31.1 Å². The van der Waals surface area contributed by atoms with Crippen molar-refractivity contribution in [2.45, 2.75) is 39.3 Å². The number of carbonyl (C=O) groups excluding carboxylic acids is 1. The molecule has 0 saturated carbocycles. The summed E-state index contributed by atoms with van der Waals surface area (Å²) in [6.45, 7) is 8.77. The van der Waals surface area contributed by atoms with E-state index in [1.54, 1.807) is 0 Å². The average molecular weight is 257 g/mol. The molecule has 2 unspecified atom stereocenters. The minimum Gasteiger partial charge on any atom is -0.379 e. The van der Waals surface area contributed by atoms with Crippen LogP contribution in [-0.2, 0) is 9.53 Å². The Labute approximate surface area is 110 Å². The standard InChI is InChI=1S/C13H27N3O2/c1-10(2)16(4)7-5-6-15-12(17)13(3)9-18-8-11(13)14/h10-11H,5-9,14H2,1-4H3,(H,15,17). The third-order valence-electron chi connectivity index (χ3n) is 3.89. The van der Waals surface area contributed by atoms with Gasteiger partial charge in [0.25, 0.3) is 0 Å². The summed E-state index contributed by atoms with van der Waals surface area (Å²) in [6.07, 6.45) is 0.951. The lowest BCUT2D eigenvalue weighted by atomic mass is 9.85. The molecule has 0 spiro atoms. The monoisotopic (exact) mass is 257 g/mol. The Bertz CT molecular complexity index is 283. The first-order valence-corrected chi connectivity index (χ1v) is 6.70. The first-order valence-electron chi connectivity index (χ1n) is 6.70. The van der Waals surface area contributed by atoms with Crippen LogP contribution < -0.4 is 11.1 Å². The van der Waals surface area contributed by atoms with Gasteiger partial charge >= 0.3 is 0 Å². The fourth-order valence-corrected chi connectivity index (χ4v) is 1.91.